The van der Waals surface area contributed by atoms with Crippen molar-refractivity contribution in [3.8, 4) is 11.5 Å². The number of ether oxygens (including phenoxy) is 1. The van der Waals surface area contributed by atoms with E-state index in [1.807, 2.05) is 30.3 Å². The van der Waals surface area contributed by atoms with Crippen molar-refractivity contribution >= 4 is 15.9 Å². The van der Waals surface area contributed by atoms with E-state index in [0.29, 0.717) is 11.7 Å². The van der Waals surface area contributed by atoms with E-state index in [1.54, 1.807) is 6.92 Å². The number of hydrogen-bond acceptors (Lipinski definition) is 2. The molecular weight excluding hydrogens is 328 g/mol. The first-order valence-electron chi connectivity index (χ1n) is 7.14. The zero-order valence-corrected chi connectivity index (χ0v) is 14.4. The smallest absolute Gasteiger partial charge is 0.134 e. The fourth-order valence-corrected chi connectivity index (χ4v) is 2.77. The van der Waals surface area contributed by atoms with Crippen LogP contribution in [-0.4, -0.2) is 5.11 Å². The Morgan fingerprint density at radius 3 is 2.24 bits per heavy atom. The highest BCUT2D eigenvalue weighted by molar-refractivity contribution is 9.10. The zero-order chi connectivity index (χ0) is 15.6. The lowest BCUT2D eigenvalue weighted by Crippen LogP contribution is -1.97. The van der Waals surface area contributed by atoms with Crippen LogP contribution in [0.4, 0.5) is 0 Å². The molecule has 0 aliphatic carbocycles. The third-order valence-corrected chi connectivity index (χ3v) is 4.01. The molecule has 21 heavy (non-hydrogen) atoms. The molecule has 1 N–H and O–H groups in total. The predicted octanol–water partition coefficient (Wildman–Crippen LogP) is 5.73. The number of hydrogen-bond donors (Lipinski definition) is 1. The summed E-state index contributed by atoms with van der Waals surface area (Å²) in [6, 6.07) is 11.8. The van der Waals surface area contributed by atoms with Gasteiger partial charge in [-0.05, 0) is 55.2 Å². The Labute approximate surface area is 134 Å². The summed E-state index contributed by atoms with van der Waals surface area (Å²) in [6.45, 7) is 8.20. The van der Waals surface area contributed by atoms with Crippen molar-refractivity contribution in [1.29, 1.82) is 0 Å². The van der Waals surface area contributed by atoms with Gasteiger partial charge < -0.3 is 9.84 Å². The van der Waals surface area contributed by atoms with Gasteiger partial charge in [-0.15, -0.1) is 0 Å². The number of rotatable bonds is 4. The third-order valence-electron chi connectivity index (χ3n) is 3.52. The summed E-state index contributed by atoms with van der Waals surface area (Å²) in [4.78, 5) is 0. The monoisotopic (exact) mass is 348 g/mol. The van der Waals surface area contributed by atoms with Crippen LogP contribution in [0.3, 0.4) is 0 Å². The molecule has 1 atom stereocenters. The molecule has 0 aliphatic heterocycles. The molecule has 3 heteroatoms. The molecule has 0 aromatic heterocycles. The minimum Gasteiger partial charge on any atom is -0.457 e. The standard InChI is InChI=1S/C18H21BrO2/c1-11(2)16-8-6-15(9-12(16)3)21-18-10-14(19)5-7-17(18)13(4)20/h5-11,13,20H,1-4H3. The average molecular weight is 349 g/mol. The third kappa shape index (κ3) is 3.86. The Morgan fingerprint density at radius 1 is 1.00 bits per heavy atom. The van der Waals surface area contributed by atoms with Gasteiger partial charge in [-0.25, -0.2) is 0 Å². The number of benzene rings is 2. The molecule has 1 unspecified atom stereocenters. The molecule has 0 saturated carbocycles. The van der Waals surface area contributed by atoms with E-state index in [0.717, 1.165) is 15.8 Å². The van der Waals surface area contributed by atoms with Crippen LogP contribution >= 0.6 is 15.9 Å². The van der Waals surface area contributed by atoms with Crippen LogP contribution in [0.15, 0.2) is 40.9 Å². The van der Waals surface area contributed by atoms with E-state index in [4.69, 9.17) is 4.74 Å². The van der Waals surface area contributed by atoms with Crippen molar-refractivity contribution in [3.05, 3.63) is 57.6 Å². The van der Waals surface area contributed by atoms with Gasteiger partial charge in [-0.1, -0.05) is 41.9 Å². The van der Waals surface area contributed by atoms with E-state index in [1.165, 1.54) is 11.1 Å². The van der Waals surface area contributed by atoms with Crippen LogP contribution in [-0.2, 0) is 0 Å². The summed E-state index contributed by atoms with van der Waals surface area (Å²) < 4.78 is 6.91. The fourth-order valence-electron chi connectivity index (χ4n) is 2.43. The quantitative estimate of drug-likeness (QED) is 0.764. The predicted molar refractivity (Wildman–Crippen MR) is 90.1 cm³/mol. The maximum Gasteiger partial charge on any atom is 0.134 e. The SMILES string of the molecule is Cc1cc(Oc2cc(Br)ccc2C(C)O)ccc1C(C)C. The van der Waals surface area contributed by atoms with Gasteiger partial charge in [-0.2, -0.15) is 0 Å². The van der Waals surface area contributed by atoms with E-state index in [2.05, 4.69) is 42.8 Å². The Morgan fingerprint density at radius 2 is 1.67 bits per heavy atom. The van der Waals surface area contributed by atoms with Crippen LogP contribution in [0.25, 0.3) is 0 Å². The van der Waals surface area contributed by atoms with Crippen LogP contribution in [0.5, 0.6) is 11.5 Å². The highest BCUT2D eigenvalue weighted by Gasteiger charge is 2.12. The Kier molecular flexibility index (Phi) is 5.07. The van der Waals surface area contributed by atoms with Crippen LogP contribution < -0.4 is 4.74 Å². The summed E-state index contributed by atoms with van der Waals surface area (Å²) in [5.74, 6) is 1.96. The van der Waals surface area contributed by atoms with Crippen molar-refractivity contribution in [2.75, 3.05) is 0 Å². The molecular formula is C18H21BrO2. The van der Waals surface area contributed by atoms with Gasteiger partial charge in [0.05, 0.1) is 6.10 Å². The number of aryl methyl sites for hydroxylation is 1. The lowest BCUT2D eigenvalue weighted by molar-refractivity contribution is 0.195. The molecule has 2 rings (SSSR count). The van der Waals surface area contributed by atoms with Crippen molar-refractivity contribution in [2.24, 2.45) is 0 Å². The zero-order valence-electron chi connectivity index (χ0n) is 12.9. The second-order valence-electron chi connectivity index (χ2n) is 5.63. The average Bonchev–Trinajstić information content (AvgIpc) is 2.37. The second kappa shape index (κ2) is 6.63. The second-order valence-corrected chi connectivity index (χ2v) is 6.55. The Hall–Kier alpha value is -1.32. The molecule has 2 aromatic carbocycles. The van der Waals surface area contributed by atoms with Gasteiger partial charge >= 0.3 is 0 Å². The summed E-state index contributed by atoms with van der Waals surface area (Å²) in [7, 11) is 0. The van der Waals surface area contributed by atoms with E-state index in [-0.39, 0.29) is 0 Å². The van der Waals surface area contributed by atoms with Crippen molar-refractivity contribution in [2.45, 2.75) is 39.7 Å². The normalized spacial score (nSPS) is 12.5. The highest BCUT2D eigenvalue weighted by Crippen LogP contribution is 2.33. The first-order valence-corrected chi connectivity index (χ1v) is 7.93. The van der Waals surface area contributed by atoms with Crippen LogP contribution in [0, 0.1) is 6.92 Å². The van der Waals surface area contributed by atoms with E-state index in [9.17, 15) is 5.11 Å². The van der Waals surface area contributed by atoms with Crippen molar-refractivity contribution < 1.29 is 9.84 Å². The Bertz CT molecular complexity index is 633. The van der Waals surface area contributed by atoms with Gasteiger partial charge in [0.1, 0.15) is 11.5 Å². The van der Waals surface area contributed by atoms with E-state index < -0.39 is 6.10 Å². The number of halogens is 1. The lowest BCUT2D eigenvalue weighted by atomic mass is 9.98. The molecule has 0 fully saturated rings. The molecule has 0 bridgehead atoms. The first-order chi connectivity index (χ1) is 9.88. The first kappa shape index (κ1) is 16.1. The largest absolute Gasteiger partial charge is 0.457 e. The summed E-state index contributed by atoms with van der Waals surface area (Å²) >= 11 is 3.44. The molecule has 2 aromatic rings. The van der Waals surface area contributed by atoms with Gasteiger partial charge in [0.15, 0.2) is 0 Å². The number of aliphatic hydroxyl groups is 1. The molecule has 0 radical (unpaired) electrons. The maximum atomic E-state index is 9.85. The van der Waals surface area contributed by atoms with Gasteiger partial charge in [0, 0.05) is 10.0 Å². The molecule has 2 nitrogen and oxygen atoms in total. The van der Waals surface area contributed by atoms with Crippen LogP contribution in [0.1, 0.15) is 49.5 Å². The summed E-state index contributed by atoms with van der Waals surface area (Å²) in [6.07, 6.45) is -0.566. The highest BCUT2D eigenvalue weighted by atomic mass is 79.9. The summed E-state index contributed by atoms with van der Waals surface area (Å²) in [5, 5.41) is 9.85. The molecule has 0 aliphatic rings. The summed E-state index contributed by atoms with van der Waals surface area (Å²) in [5.41, 5.74) is 3.33. The van der Waals surface area contributed by atoms with E-state index >= 15 is 0 Å². The minimum atomic E-state index is -0.566. The fraction of sp³-hybridized carbons (Fsp3) is 0.333. The number of aliphatic hydroxyl groups excluding tert-OH is 1. The van der Waals surface area contributed by atoms with Crippen molar-refractivity contribution in [3.63, 3.8) is 0 Å². The molecule has 0 spiro atoms. The topological polar surface area (TPSA) is 29.5 Å². The maximum absolute atomic E-state index is 9.85. The minimum absolute atomic E-state index is 0.498. The molecule has 0 saturated heterocycles. The molecule has 112 valence electrons. The van der Waals surface area contributed by atoms with Gasteiger partial charge in [0.2, 0.25) is 0 Å². The molecule has 0 heterocycles. The Balaban J connectivity index is 2.34. The van der Waals surface area contributed by atoms with Crippen LogP contribution in [0.2, 0.25) is 0 Å². The molecule has 0 amide bonds. The van der Waals surface area contributed by atoms with Gasteiger partial charge in [0.25, 0.3) is 0 Å². The van der Waals surface area contributed by atoms with Crippen molar-refractivity contribution in [1.82, 2.24) is 0 Å². The lowest BCUT2D eigenvalue weighted by Gasteiger charge is -2.16. The van der Waals surface area contributed by atoms with Gasteiger partial charge in [-0.3, -0.25) is 0 Å².